The van der Waals surface area contributed by atoms with Crippen LogP contribution in [0.1, 0.15) is 21.5 Å². The highest BCUT2D eigenvalue weighted by atomic mass is 16.5. The molecule has 1 N–H and O–H groups in total. The molecule has 2 aromatic rings. The molecule has 0 unspecified atom stereocenters. The highest BCUT2D eigenvalue weighted by Crippen LogP contribution is 2.21. The van der Waals surface area contributed by atoms with Gasteiger partial charge in [0.1, 0.15) is 24.7 Å². The summed E-state index contributed by atoms with van der Waals surface area (Å²) in [6, 6.07) is 12.8. The van der Waals surface area contributed by atoms with Gasteiger partial charge in [0.25, 0.3) is 0 Å². The Morgan fingerprint density at radius 3 is 2.33 bits per heavy atom. The van der Waals surface area contributed by atoms with E-state index in [-0.39, 0.29) is 5.56 Å². The number of carbonyl (C=O) groups is 1. The van der Waals surface area contributed by atoms with E-state index >= 15 is 0 Å². The Hall–Kier alpha value is -2.49. The third kappa shape index (κ3) is 3.99. The van der Waals surface area contributed by atoms with Crippen LogP contribution >= 0.6 is 0 Å². The molecule has 21 heavy (non-hydrogen) atoms. The molecule has 0 aliphatic carbocycles. The van der Waals surface area contributed by atoms with Crippen molar-refractivity contribution in [1.29, 1.82) is 0 Å². The van der Waals surface area contributed by atoms with Crippen molar-refractivity contribution in [3.63, 3.8) is 0 Å². The smallest absolute Gasteiger partial charge is 0.336 e. The zero-order chi connectivity index (χ0) is 15.2. The van der Waals surface area contributed by atoms with Gasteiger partial charge in [0, 0.05) is 5.56 Å². The Morgan fingerprint density at radius 1 is 1.00 bits per heavy atom. The van der Waals surface area contributed by atoms with E-state index in [1.54, 1.807) is 25.1 Å². The molecule has 0 spiro atoms. The first kappa shape index (κ1) is 14.9. The van der Waals surface area contributed by atoms with Crippen LogP contribution in [-0.2, 0) is 0 Å². The molecule has 0 aliphatic heterocycles. The Kier molecular flexibility index (Phi) is 4.82. The van der Waals surface area contributed by atoms with Crippen molar-refractivity contribution >= 4 is 5.97 Å². The van der Waals surface area contributed by atoms with Crippen LogP contribution in [0.25, 0.3) is 0 Å². The highest BCUT2D eigenvalue weighted by Gasteiger charge is 2.10. The second-order valence-electron chi connectivity index (χ2n) is 4.74. The number of carboxylic acids is 1. The average Bonchev–Trinajstić information content (AvgIpc) is 2.46. The molecule has 0 aliphatic rings. The number of ether oxygens (including phenoxy) is 2. The second kappa shape index (κ2) is 6.79. The topological polar surface area (TPSA) is 55.8 Å². The largest absolute Gasteiger partial charge is 0.490 e. The van der Waals surface area contributed by atoms with Crippen LogP contribution in [0.2, 0.25) is 0 Å². The van der Waals surface area contributed by atoms with E-state index in [9.17, 15) is 4.79 Å². The first-order chi connectivity index (χ1) is 10.1. The van der Waals surface area contributed by atoms with Gasteiger partial charge in [-0.1, -0.05) is 23.8 Å². The van der Waals surface area contributed by atoms with Gasteiger partial charge in [-0.3, -0.25) is 0 Å². The standard InChI is InChI=1S/C17H18O4/c1-12-6-8-14(9-7-12)20-10-11-21-16-5-3-4-15(13(16)2)17(18)19/h3-9H,10-11H2,1-2H3,(H,18,19). The molecule has 110 valence electrons. The molecule has 0 aromatic heterocycles. The summed E-state index contributed by atoms with van der Waals surface area (Å²) in [4.78, 5) is 11.0. The van der Waals surface area contributed by atoms with Crippen LogP contribution < -0.4 is 9.47 Å². The lowest BCUT2D eigenvalue weighted by molar-refractivity contribution is 0.0695. The molecule has 0 saturated carbocycles. The van der Waals surface area contributed by atoms with Gasteiger partial charge in [-0.25, -0.2) is 4.79 Å². The van der Waals surface area contributed by atoms with Crippen LogP contribution in [0.15, 0.2) is 42.5 Å². The molecule has 0 fully saturated rings. The van der Waals surface area contributed by atoms with Gasteiger partial charge in [0.15, 0.2) is 0 Å². The summed E-state index contributed by atoms with van der Waals surface area (Å²) in [6.07, 6.45) is 0. The molecule has 2 rings (SSSR count). The van der Waals surface area contributed by atoms with Gasteiger partial charge in [-0.15, -0.1) is 0 Å². The molecular formula is C17H18O4. The molecule has 4 nitrogen and oxygen atoms in total. The number of benzene rings is 2. The Bertz CT molecular complexity index is 617. The maximum Gasteiger partial charge on any atom is 0.336 e. The van der Waals surface area contributed by atoms with Crippen molar-refractivity contribution in [2.24, 2.45) is 0 Å². The molecule has 0 heterocycles. The molecule has 0 radical (unpaired) electrons. The van der Waals surface area contributed by atoms with E-state index in [1.807, 2.05) is 31.2 Å². The SMILES string of the molecule is Cc1ccc(OCCOc2cccc(C(=O)O)c2C)cc1. The minimum Gasteiger partial charge on any atom is -0.490 e. The predicted octanol–water partition coefficient (Wildman–Crippen LogP) is 3.46. The van der Waals surface area contributed by atoms with Crippen LogP contribution in [0.5, 0.6) is 11.5 Å². The first-order valence-electron chi connectivity index (χ1n) is 6.73. The number of hydrogen-bond acceptors (Lipinski definition) is 3. The van der Waals surface area contributed by atoms with E-state index in [0.29, 0.717) is 24.5 Å². The lowest BCUT2D eigenvalue weighted by Gasteiger charge is -2.11. The number of carboxylic acid groups (broad SMARTS) is 1. The minimum atomic E-state index is -0.950. The van der Waals surface area contributed by atoms with Crippen molar-refractivity contribution < 1.29 is 19.4 Å². The fourth-order valence-electron chi connectivity index (χ4n) is 1.95. The van der Waals surface area contributed by atoms with E-state index in [0.717, 1.165) is 5.75 Å². The number of rotatable bonds is 6. The van der Waals surface area contributed by atoms with E-state index in [4.69, 9.17) is 14.6 Å². The second-order valence-corrected chi connectivity index (χ2v) is 4.74. The summed E-state index contributed by atoms with van der Waals surface area (Å²) >= 11 is 0. The van der Waals surface area contributed by atoms with Gasteiger partial charge in [-0.2, -0.15) is 0 Å². The molecular weight excluding hydrogens is 268 g/mol. The monoisotopic (exact) mass is 286 g/mol. The van der Waals surface area contributed by atoms with E-state index in [2.05, 4.69) is 0 Å². The lowest BCUT2D eigenvalue weighted by Crippen LogP contribution is -2.10. The summed E-state index contributed by atoms with van der Waals surface area (Å²) < 4.78 is 11.1. The van der Waals surface area contributed by atoms with Crippen molar-refractivity contribution in [2.45, 2.75) is 13.8 Å². The van der Waals surface area contributed by atoms with Crippen molar-refractivity contribution in [3.05, 3.63) is 59.2 Å². The number of aromatic carboxylic acids is 1. The maximum atomic E-state index is 11.0. The fourth-order valence-corrected chi connectivity index (χ4v) is 1.95. The van der Waals surface area contributed by atoms with Crippen LogP contribution in [0.4, 0.5) is 0 Å². The third-order valence-corrected chi connectivity index (χ3v) is 3.15. The van der Waals surface area contributed by atoms with Gasteiger partial charge in [0.05, 0.1) is 5.56 Å². The molecule has 0 bridgehead atoms. The Balaban J connectivity index is 1.88. The van der Waals surface area contributed by atoms with Crippen LogP contribution in [0, 0.1) is 13.8 Å². The van der Waals surface area contributed by atoms with Gasteiger partial charge in [-0.05, 0) is 38.1 Å². The molecule has 0 atom stereocenters. The number of hydrogen-bond donors (Lipinski definition) is 1. The zero-order valence-electron chi connectivity index (χ0n) is 12.1. The summed E-state index contributed by atoms with van der Waals surface area (Å²) in [5.41, 5.74) is 2.06. The van der Waals surface area contributed by atoms with Crippen molar-refractivity contribution in [3.8, 4) is 11.5 Å². The molecule has 4 heteroatoms. The summed E-state index contributed by atoms with van der Waals surface area (Å²) in [7, 11) is 0. The average molecular weight is 286 g/mol. The molecule has 0 amide bonds. The van der Waals surface area contributed by atoms with E-state index in [1.165, 1.54) is 5.56 Å². The summed E-state index contributed by atoms with van der Waals surface area (Å²) in [6.45, 7) is 4.52. The van der Waals surface area contributed by atoms with Gasteiger partial charge < -0.3 is 14.6 Å². The Labute approximate surface area is 123 Å². The Morgan fingerprint density at radius 2 is 1.67 bits per heavy atom. The first-order valence-corrected chi connectivity index (χ1v) is 6.73. The zero-order valence-corrected chi connectivity index (χ0v) is 12.1. The normalized spacial score (nSPS) is 10.2. The van der Waals surface area contributed by atoms with Crippen LogP contribution in [-0.4, -0.2) is 24.3 Å². The number of aryl methyl sites for hydroxylation is 1. The highest BCUT2D eigenvalue weighted by molar-refractivity contribution is 5.90. The molecule has 0 saturated heterocycles. The van der Waals surface area contributed by atoms with Gasteiger partial charge >= 0.3 is 5.97 Å². The van der Waals surface area contributed by atoms with Crippen molar-refractivity contribution in [2.75, 3.05) is 13.2 Å². The van der Waals surface area contributed by atoms with Crippen LogP contribution in [0.3, 0.4) is 0 Å². The minimum absolute atomic E-state index is 0.256. The van der Waals surface area contributed by atoms with Gasteiger partial charge in [0.2, 0.25) is 0 Å². The van der Waals surface area contributed by atoms with Crippen molar-refractivity contribution in [1.82, 2.24) is 0 Å². The summed E-state index contributed by atoms with van der Waals surface area (Å²) in [5.74, 6) is 0.413. The lowest BCUT2D eigenvalue weighted by atomic mass is 10.1. The maximum absolute atomic E-state index is 11.0. The quantitative estimate of drug-likeness (QED) is 0.826. The van der Waals surface area contributed by atoms with E-state index < -0.39 is 5.97 Å². The summed E-state index contributed by atoms with van der Waals surface area (Å²) in [5, 5.41) is 9.05. The molecule has 2 aromatic carbocycles. The predicted molar refractivity (Wildman–Crippen MR) is 80.3 cm³/mol. The fraction of sp³-hybridized carbons (Fsp3) is 0.235. The third-order valence-electron chi connectivity index (χ3n) is 3.15.